The van der Waals surface area contributed by atoms with Crippen molar-refractivity contribution in [1.82, 2.24) is 44.5 Å². The number of rotatable bonds is 11. The maximum atomic E-state index is 13.8. The number of nitrogens with two attached hydrogens (primary N) is 1. The number of nitrogens with zero attached hydrogens (tertiary/aromatic N) is 10. The zero-order valence-electron chi connectivity index (χ0n) is 38.8. The summed E-state index contributed by atoms with van der Waals surface area (Å²) in [4.78, 5) is 49.9. The van der Waals surface area contributed by atoms with Crippen LogP contribution in [0.4, 0.5) is 17.5 Å². The summed E-state index contributed by atoms with van der Waals surface area (Å²) in [5.41, 5.74) is 14.5. The van der Waals surface area contributed by atoms with Crippen LogP contribution in [0.25, 0.3) is 10.9 Å². The van der Waals surface area contributed by atoms with Gasteiger partial charge in [-0.25, -0.2) is 24.9 Å². The number of hydrogen-bond donors (Lipinski definition) is 2. The molecule has 1 aromatic carbocycles. The Bertz CT molecular complexity index is 2810. The van der Waals surface area contributed by atoms with E-state index in [1.165, 1.54) is 31.3 Å². The molecule has 0 atom stereocenters. The van der Waals surface area contributed by atoms with Gasteiger partial charge >= 0.3 is 58.2 Å². The first-order valence-electron chi connectivity index (χ1n) is 22.7. The third kappa shape index (κ3) is 11.8. The van der Waals surface area contributed by atoms with Crippen LogP contribution in [0.3, 0.4) is 0 Å². The van der Waals surface area contributed by atoms with Crippen molar-refractivity contribution in [3.8, 4) is 0 Å². The molecule has 12 rings (SSSR count). The number of halogens is 1. The average Bonchev–Trinajstić information content (AvgIpc) is 4.11. The standard InChI is InChI=1S/C27H27N7O2.C15H17N5O.C7H9Br.CH3.Rb/c1-33-24(9-22(32-33)16-3-4-16)34(27(35)18-10-29-26(30-11-18)17-5-6-17)12-15-2-7-19-20-13-36-14-21(20)25(28)31-23(19)8-15;1-20-13(6-12(19-20)9-2-3-9)18-15(21)11-7-16-14(17-8-11)10-4-5-10;8-6-7-4-2-1-3-5-7;;/h2,7-11,16-17H,3-6,12-14H2,1H3,(H2,28,31);6-10H,2-5H2,1H3,(H,18,21);2,4-5H,1,3,6H2;1H3;/q;;;-1;+1. The number of anilines is 3. The van der Waals surface area contributed by atoms with Crippen LogP contribution in [0.1, 0.15) is 148 Å². The number of fused-ring (bicyclic) bond motifs is 3. The molecular weight excluding hydrogens is 982 g/mol. The molecule has 0 bridgehead atoms. The summed E-state index contributed by atoms with van der Waals surface area (Å²) in [6.45, 7) is 1.40. The Morgan fingerprint density at radius 2 is 1.39 bits per heavy atom. The first-order valence-corrected chi connectivity index (χ1v) is 23.8. The number of carbonyl (C=O) groups is 2. The Morgan fingerprint density at radius 3 is 1.97 bits per heavy atom. The number of nitrogen functional groups attached to an aromatic ring is 1. The number of aryl methyl sites for hydroxylation is 2. The Hall–Kier alpha value is -4.32. The minimum atomic E-state index is -0.192. The summed E-state index contributed by atoms with van der Waals surface area (Å²) in [5.74, 6) is 5.30. The third-order valence-corrected chi connectivity index (χ3v) is 13.3. The summed E-state index contributed by atoms with van der Waals surface area (Å²) in [5, 5.41) is 14.1. The van der Waals surface area contributed by atoms with Gasteiger partial charge in [0.25, 0.3) is 11.8 Å². The van der Waals surface area contributed by atoms with E-state index in [1.54, 1.807) is 39.1 Å². The second kappa shape index (κ2) is 21.5. The molecule has 4 fully saturated rings. The number of allylic oxidation sites excluding steroid dienone is 4. The maximum Gasteiger partial charge on any atom is 1.00 e. The number of ether oxygens (including phenoxy) is 1. The number of amides is 2. The molecule has 5 aromatic heterocycles. The van der Waals surface area contributed by atoms with Crippen LogP contribution in [0, 0.1) is 7.43 Å². The summed E-state index contributed by atoms with van der Waals surface area (Å²) < 4.78 is 9.12. The number of benzene rings is 1. The summed E-state index contributed by atoms with van der Waals surface area (Å²) in [6, 6.07) is 10.1. The zero-order chi connectivity index (χ0) is 44.6. The van der Waals surface area contributed by atoms with Gasteiger partial charge in [-0.05, 0) is 87.0 Å². The van der Waals surface area contributed by atoms with E-state index in [0.717, 1.165) is 100 Å². The topological polar surface area (TPSA) is 185 Å². The first kappa shape index (κ1) is 49.1. The summed E-state index contributed by atoms with van der Waals surface area (Å²) >= 11 is 3.39. The molecule has 17 heteroatoms. The molecule has 6 aliphatic rings. The van der Waals surface area contributed by atoms with Gasteiger partial charge in [0, 0.05) is 91.0 Å². The smallest absolute Gasteiger partial charge is 0.383 e. The quantitative estimate of drug-likeness (QED) is 0.110. The van der Waals surface area contributed by atoms with E-state index in [0.29, 0.717) is 66.2 Å². The van der Waals surface area contributed by atoms with E-state index >= 15 is 0 Å². The van der Waals surface area contributed by atoms with Gasteiger partial charge in [0.2, 0.25) is 0 Å². The van der Waals surface area contributed by atoms with Gasteiger partial charge in [-0.1, -0.05) is 46.3 Å². The fourth-order valence-corrected chi connectivity index (χ4v) is 8.59. The van der Waals surface area contributed by atoms with Crippen molar-refractivity contribution in [1.29, 1.82) is 0 Å². The molecule has 4 saturated carbocycles. The monoisotopic (exact) mass is 1040 g/mol. The van der Waals surface area contributed by atoms with Gasteiger partial charge in [0.05, 0.1) is 47.8 Å². The fraction of sp³-hybridized carbons (Fsp3) is 0.400. The first-order chi connectivity index (χ1) is 31.7. The minimum absolute atomic E-state index is 0. The molecule has 67 heavy (non-hydrogen) atoms. The van der Waals surface area contributed by atoms with E-state index in [2.05, 4.69) is 75.6 Å². The molecule has 1 aliphatic heterocycles. The van der Waals surface area contributed by atoms with Crippen LogP contribution in [-0.4, -0.2) is 61.6 Å². The molecule has 5 aliphatic carbocycles. The average molecular weight is 1040 g/mol. The zero-order valence-corrected chi connectivity index (χ0v) is 45.3. The van der Waals surface area contributed by atoms with Gasteiger partial charge in [-0.2, -0.15) is 10.2 Å². The van der Waals surface area contributed by atoms with Crippen LogP contribution in [0.5, 0.6) is 0 Å². The van der Waals surface area contributed by atoms with Gasteiger partial charge in [-0.15, -0.1) is 0 Å². The van der Waals surface area contributed by atoms with Gasteiger partial charge < -0.3 is 23.2 Å². The largest absolute Gasteiger partial charge is 1.00 e. The SMILES string of the molecule is BrCC1=CCCC=C1.Cn1nc(C2CC2)cc1N(Cc1ccc2c3c(c(N)nc2c1)COC3)C(=O)c1cnc(C2CC2)nc1.Cn1nc(C2CC2)cc1NC(=O)c1cnc(C2CC2)nc1.[CH3-].[Rb+]. The van der Waals surface area contributed by atoms with Crippen molar-refractivity contribution in [3.05, 3.63) is 137 Å². The number of aromatic nitrogens is 9. The van der Waals surface area contributed by atoms with Crippen molar-refractivity contribution < 1.29 is 72.5 Å². The number of nitrogens with one attached hydrogen (secondary N) is 1. The number of pyridine rings is 1. The Labute approximate surface area is 448 Å². The molecule has 15 nitrogen and oxygen atoms in total. The van der Waals surface area contributed by atoms with Crippen LogP contribution < -0.4 is 74.1 Å². The van der Waals surface area contributed by atoms with Crippen molar-refractivity contribution in [2.45, 2.75) is 108 Å². The molecule has 0 radical (unpaired) electrons. The molecule has 6 heterocycles. The Kier molecular flexibility index (Phi) is 15.8. The fourth-order valence-electron chi connectivity index (χ4n) is 8.17. The molecular formula is C50H56BrN12O3Rb. The van der Waals surface area contributed by atoms with Crippen LogP contribution >= 0.6 is 15.9 Å². The van der Waals surface area contributed by atoms with Gasteiger partial charge in [0.1, 0.15) is 29.1 Å². The van der Waals surface area contributed by atoms with Crippen molar-refractivity contribution in [3.63, 3.8) is 0 Å². The molecule has 342 valence electrons. The van der Waals surface area contributed by atoms with Crippen LogP contribution in [0.2, 0.25) is 0 Å². The van der Waals surface area contributed by atoms with E-state index in [9.17, 15) is 9.59 Å². The molecule has 0 saturated heterocycles. The third-order valence-electron chi connectivity index (χ3n) is 12.6. The number of carbonyl (C=O) groups excluding carboxylic acids is 2. The predicted octanol–water partition coefficient (Wildman–Crippen LogP) is 6.30. The van der Waals surface area contributed by atoms with E-state index in [4.69, 9.17) is 15.6 Å². The van der Waals surface area contributed by atoms with Crippen LogP contribution in [-0.2, 0) is 38.6 Å². The number of alkyl halides is 1. The second-order valence-corrected chi connectivity index (χ2v) is 18.5. The van der Waals surface area contributed by atoms with Gasteiger partial charge in [-0.3, -0.25) is 23.9 Å². The van der Waals surface area contributed by atoms with Crippen molar-refractivity contribution >= 4 is 56.1 Å². The molecule has 3 N–H and O–H groups in total. The predicted molar refractivity (Wildman–Crippen MR) is 258 cm³/mol. The summed E-state index contributed by atoms with van der Waals surface area (Å²) in [7, 11) is 3.73. The molecule has 2 amide bonds. The van der Waals surface area contributed by atoms with E-state index in [1.807, 2.05) is 38.4 Å². The molecule has 0 spiro atoms. The molecule has 0 unspecified atom stereocenters. The van der Waals surface area contributed by atoms with Gasteiger partial charge in [0.15, 0.2) is 0 Å². The second-order valence-electron chi connectivity index (χ2n) is 17.9. The molecule has 6 aromatic rings. The Morgan fingerprint density at radius 1 is 0.791 bits per heavy atom. The maximum absolute atomic E-state index is 13.8. The normalized spacial score (nSPS) is 16.9. The summed E-state index contributed by atoms with van der Waals surface area (Å²) in [6.07, 6.45) is 24.9. The number of hydrogen-bond acceptors (Lipinski definition) is 11. The van der Waals surface area contributed by atoms with Crippen molar-refractivity contribution in [2.75, 3.05) is 21.3 Å². The minimum Gasteiger partial charge on any atom is -0.383 e. The Balaban J connectivity index is 0.000000165. The van der Waals surface area contributed by atoms with Crippen molar-refractivity contribution in [2.24, 2.45) is 14.1 Å². The van der Waals surface area contributed by atoms with E-state index in [-0.39, 0.29) is 77.4 Å². The van der Waals surface area contributed by atoms with Crippen LogP contribution in [0.15, 0.2) is 78.9 Å². The van der Waals surface area contributed by atoms with E-state index < -0.39 is 0 Å².